The maximum absolute atomic E-state index is 12.4. The molecule has 0 aliphatic carbocycles. The first kappa shape index (κ1) is 14.5. The second-order valence-electron chi connectivity index (χ2n) is 5.08. The van der Waals surface area contributed by atoms with Crippen LogP contribution in [0.3, 0.4) is 0 Å². The van der Waals surface area contributed by atoms with Gasteiger partial charge in [0.15, 0.2) is 0 Å². The van der Waals surface area contributed by atoms with Crippen molar-refractivity contribution in [3.8, 4) is 0 Å². The first-order valence-corrected chi connectivity index (χ1v) is 7.33. The molecule has 3 aromatic rings. The Morgan fingerprint density at radius 3 is 2.21 bits per heavy atom. The number of furan rings is 1. The van der Waals surface area contributed by atoms with Gasteiger partial charge >= 0.3 is 5.97 Å². The lowest BCUT2D eigenvalue weighted by molar-refractivity contribution is -0.0583. The van der Waals surface area contributed by atoms with Crippen LogP contribution in [-0.2, 0) is 4.84 Å². The summed E-state index contributed by atoms with van der Waals surface area (Å²) in [6, 6.07) is 12.9. The molecule has 2 aromatic carbocycles. The number of rotatable bonds is 2. The lowest BCUT2D eigenvalue weighted by Gasteiger charge is -2.12. The lowest BCUT2D eigenvalue weighted by Crippen LogP contribution is -2.32. The smallest absolute Gasteiger partial charge is 0.369 e. The Balaban J connectivity index is 1.69. The number of hydroxylamine groups is 2. The van der Waals surface area contributed by atoms with Crippen LogP contribution in [-0.4, -0.2) is 22.8 Å². The van der Waals surface area contributed by atoms with Gasteiger partial charge in [-0.3, -0.25) is 9.59 Å². The van der Waals surface area contributed by atoms with Crippen LogP contribution in [0.25, 0.3) is 11.0 Å². The van der Waals surface area contributed by atoms with Crippen molar-refractivity contribution in [2.75, 3.05) is 0 Å². The Morgan fingerprint density at radius 1 is 0.958 bits per heavy atom. The molecule has 1 aliphatic rings. The number of benzene rings is 2. The normalized spacial score (nSPS) is 13.5. The number of hydrogen-bond donors (Lipinski definition) is 0. The van der Waals surface area contributed by atoms with Gasteiger partial charge in [-0.2, -0.15) is 0 Å². The van der Waals surface area contributed by atoms with Gasteiger partial charge in [-0.05, 0) is 29.8 Å². The van der Waals surface area contributed by atoms with Crippen LogP contribution in [0.2, 0.25) is 5.22 Å². The van der Waals surface area contributed by atoms with Gasteiger partial charge in [0, 0.05) is 5.39 Å². The highest BCUT2D eigenvalue weighted by Gasteiger charge is 2.39. The van der Waals surface area contributed by atoms with Crippen molar-refractivity contribution in [3.05, 3.63) is 70.4 Å². The Kier molecular flexibility index (Phi) is 3.14. The second kappa shape index (κ2) is 5.21. The van der Waals surface area contributed by atoms with E-state index in [1.807, 2.05) is 0 Å². The standard InChI is InChI=1S/C17H8ClNO5/c18-14-13(11-7-3-4-8-12(11)23-14)17(22)24-19-15(20)9-5-1-2-6-10(9)16(19)21/h1-8H. The van der Waals surface area contributed by atoms with Crippen LogP contribution < -0.4 is 0 Å². The van der Waals surface area contributed by atoms with Crippen LogP contribution in [0.4, 0.5) is 0 Å². The number of halogens is 1. The highest BCUT2D eigenvalue weighted by Crippen LogP contribution is 2.31. The monoisotopic (exact) mass is 341 g/mol. The molecule has 6 nitrogen and oxygen atoms in total. The molecule has 0 saturated carbocycles. The van der Waals surface area contributed by atoms with Gasteiger partial charge in [-0.1, -0.05) is 35.4 Å². The Bertz CT molecular complexity index is 988. The second-order valence-corrected chi connectivity index (χ2v) is 5.42. The molecule has 0 radical (unpaired) electrons. The molecule has 0 unspecified atom stereocenters. The highest BCUT2D eigenvalue weighted by molar-refractivity contribution is 6.34. The Morgan fingerprint density at radius 2 is 1.54 bits per heavy atom. The van der Waals surface area contributed by atoms with Crippen molar-refractivity contribution in [2.45, 2.75) is 0 Å². The largest absolute Gasteiger partial charge is 0.444 e. The van der Waals surface area contributed by atoms with Gasteiger partial charge in [0.2, 0.25) is 5.22 Å². The molecule has 4 rings (SSSR count). The fourth-order valence-corrected chi connectivity index (χ4v) is 2.85. The zero-order valence-corrected chi connectivity index (χ0v) is 12.7. The number of imide groups is 1. The molecule has 0 saturated heterocycles. The molecule has 0 fully saturated rings. The fraction of sp³-hybridized carbons (Fsp3) is 0. The quantitative estimate of drug-likeness (QED) is 0.667. The minimum absolute atomic E-state index is 0.0381. The van der Waals surface area contributed by atoms with E-state index >= 15 is 0 Å². The van der Waals surface area contributed by atoms with Gasteiger partial charge in [-0.15, -0.1) is 0 Å². The van der Waals surface area contributed by atoms with Crippen molar-refractivity contribution in [2.24, 2.45) is 0 Å². The van der Waals surface area contributed by atoms with Gasteiger partial charge in [0.25, 0.3) is 11.8 Å². The summed E-state index contributed by atoms with van der Waals surface area (Å²) in [7, 11) is 0. The maximum Gasteiger partial charge on any atom is 0.369 e. The molecule has 118 valence electrons. The van der Waals surface area contributed by atoms with Crippen molar-refractivity contribution >= 4 is 40.4 Å². The number of hydrogen-bond acceptors (Lipinski definition) is 5. The third-order valence-corrected chi connectivity index (χ3v) is 3.95. The maximum atomic E-state index is 12.4. The summed E-state index contributed by atoms with van der Waals surface area (Å²) in [5, 5.41) is 0.701. The Labute approximate surface area is 140 Å². The summed E-state index contributed by atoms with van der Waals surface area (Å²) in [6.07, 6.45) is 0. The van der Waals surface area contributed by atoms with E-state index in [-0.39, 0.29) is 21.9 Å². The third-order valence-electron chi connectivity index (χ3n) is 3.69. The number of amides is 2. The number of carbonyl (C=O) groups is 3. The van der Waals surface area contributed by atoms with Crippen LogP contribution in [0.1, 0.15) is 31.1 Å². The van der Waals surface area contributed by atoms with Crippen molar-refractivity contribution < 1.29 is 23.6 Å². The SMILES string of the molecule is O=C(ON1C(=O)c2ccccc2C1=O)c1c(Cl)oc2ccccc12. The molecule has 24 heavy (non-hydrogen) atoms. The topological polar surface area (TPSA) is 76.8 Å². The summed E-state index contributed by atoms with van der Waals surface area (Å²) in [5.41, 5.74) is 0.720. The van der Waals surface area contributed by atoms with Crippen LogP contribution in [0.5, 0.6) is 0 Å². The predicted octanol–water partition coefficient (Wildman–Crippen LogP) is 3.45. The van der Waals surface area contributed by atoms with E-state index in [1.165, 1.54) is 12.1 Å². The molecule has 1 aromatic heterocycles. The van der Waals surface area contributed by atoms with Crippen molar-refractivity contribution in [3.63, 3.8) is 0 Å². The van der Waals surface area contributed by atoms with Crippen LogP contribution in [0, 0.1) is 0 Å². The molecule has 0 N–H and O–H groups in total. The summed E-state index contributed by atoms with van der Waals surface area (Å²) >= 11 is 5.95. The van der Waals surface area contributed by atoms with Gasteiger partial charge in [0.05, 0.1) is 11.1 Å². The molecule has 2 heterocycles. The summed E-state index contributed by atoms with van der Waals surface area (Å²) in [4.78, 5) is 41.9. The van der Waals surface area contributed by atoms with E-state index in [0.717, 1.165) is 0 Å². The van der Waals surface area contributed by atoms with E-state index < -0.39 is 17.8 Å². The zero-order chi connectivity index (χ0) is 16.8. The predicted molar refractivity (Wildman–Crippen MR) is 83.6 cm³/mol. The first-order valence-electron chi connectivity index (χ1n) is 6.95. The van der Waals surface area contributed by atoms with Crippen molar-refractivity contribution in [1.82, 2.24) is 5.06 Å². The number of para-hydroxylation sites is 1. The highest BCUT2D eigenvalue weighted by atomic mass is 35.5. The third kappa shape index (κ3) is 2.00. The van der Waals surface area contributed by atoms with E-state index in [0.29, 0.717) is 16.0 Å². The van der Waals surface area contributed by atoms with E-state index in [2.05, 4.69) is 0 Å². The molecule has 0 spiro atoms. The lowest BCUT2D eigenvalue weighted by atomic mass is 10.1. The van der Waals surface area contributed by atoms with E-state index in [1.54, 1.807) is 36.4 Å². The molecule has 2 amide bonds. The average molecular weight is 342 g/mol. The number of fused-ring (bicyclic) bond motifs is 2. The fourth-order valence-electron chi connectivity index (χ4n) is 2.58. The van der Waals surface area contributed by atoms with Gasteiger partial charge in [-0.25, -0.2) is 4.79 Å². The minimum atomic E-state index is -0.945. The van der Waals surface area contributed by atoms with Crippen LogP contribution >= 0.6 is 11.6 Å². The molecule has 7 heteroatoms. The summed E-state index contributed by atoms with van der Waals surface area (Å²) < 4.78 is 5.28. The first-order chi connectivity index (χ1) is 11.6. The summed E-state index contributed by atoms with van der Waals surface area (Å²) in [5.74, 6) is -2.35. The van der Waals surface area contributed by atoms with Crippen LogP contribution in [0.15, 0.2) is 52.9 Å². The average Bonchev–Trinajstić information content (AvgIpc) is 3.04. The molecular formula is C17H8ClNO5. The zero-order valence-electron chi connectivity index (χ0n) is 12.0. The van der Waals surface area contributed by atoms with Gasteiger partial charge < -0.3 is 9.25 Å². The minimum Gasteiger partial charge on any atom is -0.444 e. The van der Waals surface area contributed by atoms with E-state index in [4.69, 9.17) is 20.9 Å². The number of carbonyl (C=O) groups excluding carboxylic acids is 3. The van der Waals surface area contributed by atoms with E-state index in [9.17, 15) is 14.4 Å². The molecule has 1 aliphatic heterocycles. The number of nitrogens with zero attached hydrogens (tertiary/aromatic N) is 1. The van der Waals surface area contributed by atoms with Gasteiger partial charge in [0.1, 0.15) is 11.1 Å². The molecule has 0 atom stereocenters. The summed E-state index contributed by atoms with van der Waals surface area (Å²) in [6.45, 7) is 0. The molecule has 0 bridgehead atoms. The van der Waals surface area contributed by atoms with Crippen molar-refractivity contribution in [1.29, 1.82) is 0 Å². The Hall–Kier alpha value is -3.12. The molecular weight excluding hydrogens is 334 g/mol.